The molecule has 0 aromatic heterocycles. The van der Waals surface area contributed by atoms with Gasteiger partial charge in [-0.15, -0.1) is 0 Å². The zero-order chi connectivity index (χ0) is 14.2. The topological polar surface area (TPSA) is 71.4 Å². The molecule has 1 saturated carbocycles. The predicted octanol–water partition coefficient (Wildman–Crippen LogP) is 1.68. The highest BCUT2D eigenvalue weighted by molar-refractivity contribution is 5.93. The zero-order valence-corrected chi connectivity index (χ0v) is 11.6. The van der Waals surface area contributed by atoms with Crippen LogP contribution in [0.15, 0.2) is 0 Å². The van der Waals surface area contributed by atoms with Gasteiger partial charge in [-0.2, -0.15) is 0 Å². The van der Waals surface area contributed by atoms with Crippen molar-refractivity contribution in [2.45, 2.75) is 59.0 Å². The van der Waals surface area contributed by atoms with Crippen LogP contribution in [0.5, 0.6) is 0 Å². The van der Waals surface area contributed by atoms with Crippen molar-refractivity contribution in [3.63, 3.8) is 0 Å². The minimum absolute atomic E-state index is 0.0100. The van der Waals surface area contributed by atoms with Crippen LogP contribution in [0.4, 0.5) is 0 Å². The second-order valence-corrected chi connectivity index (χ2v) is 6.44. The summed E-state index contributed by atoms with van der Waals surface area (Å²) in [6.45, 7) is 6.46. The number of Topliss-reactive ketones (excluding diaryl/α,β-unsaturated/α-hetero) is 2. The van der Waals surface area contributed by atoms with Crippen molar-refractivity contribution in [3.8, 4) is 0 Å². The maximum Gasteiger partial charge on any atom is 0.142 e. The van der Waals surface area contributed by atoms with Gasteiger partial charge in [0.15, 0.2) is 0 Å². The van der Waals surface area contributed by atoms with Gasteiger partial charge in [-0.05, 0) is 26.7 Å². The second kappa shape index (κ2) is 4.57. The summed E-state index contributed by atoms with van der Waals surface area (Å²) in [5, 5.41) is 10.5. The van der Waals surface area contributed by atoms with E-state index in [-0.39, 0.29) is 30.8 Å². The zero-order valence-electron chi connectivity index (χ0n) is 11.6. The van der Waals surface area contributed by atoms with Crippen LogP contribution in [-0.2, 0) is 14.4 Å². The average Bonchev–Trinajstić information content (AvgIpc) is 2.41. The van der Waals surface area contributed by atoms with Gasteiger partial charge in [0.25, 0.3) is 0 Å². The quantitative estimate of drug-likeness (QED) is 0.758. The second-order valence-electron chi connectivity index (χ2n) is 6.44. The Morgan fingerprint density at radius 3 is 2.39 bits per heavy atom. The van der Waals surface area contributed by atoms with Gasteiger partial charge >= 0.3 is 0 Å². The van der Waals surface area contributed by atoms with E-state index in [4.69, 9.17) is 0 Å². The van der Waals surface area contributed by atoms with E-state index in [2.05, 4.69) is 0 Å². The summed E-state index contributed by atoms with van der Waals surface area (Å²) in [5.74, 6) is -0.232. The number of ketones is 2. The standard InChI is InChI=1S/C14H22O4/c1-10(16)7-14(8-12(2,3)9-15)11(17)5-6-13(14,4)18/h9,18H,5-8H2,1-4H3/t13-,14+/m0/s1. The fraction of sp³-hybridized carbons (Fsp3) is 0.786. The molecule has 1 aliphatic carbocycles. The minimum atomic E-state index is -1.21. The summed E-state index contributed by atoms with van der Waals surface area (Å²) in [6, 6.07) is 0. The largest absolute Gasteiger partial charge is 0.389 e. The highest BCUT2D eigenvalue weighted by Crippen LogP contribution is 2.52. The molecule has 0 radical (unpaired) electrons. The van der Waals surface area contributed by atoms with Crippen LogP contribution >= 0.6 is 0 Å². The molecule has 1 N–H and O–H groups in total. The molecule has 0 heterocycles. The van der Waals surface area contributed by atoms with Crippen LogP contribution in [0, 0.1) is 10.8 Å². The van der Waals surface area contributed by atoms with Crippen molar-refractivity contribution < 1.29 is 19.5 Å². The van der Waals surface area contributed by atoms with E-state index in [1.54, 1.807) is 20.8 Å². The van der Waals surface area contributed by atoms with Crippen LogP contribution < -0.4 is 0 Å². The maximum absolute atomic E-state index is 12.2. The van der Waals surface area contributed by atoms with Crippen LogP contribution in [0.2, 0.25) is 0 Å². The van der Waals surface area contributed by atoms with Gasteiger partial charge < -0.3 is 9.90 Å². The number of aliphatic hydroxyl groups is 1. The van der Waals surface area contributed by atoms with Crippen molar-refractivity contribution in [2.24, 2.45) is 10.8 Å². The van der Waals surface area contributed by atoms with Crippen molar-refractivity contribution in [2.75, 3.05) is 0 Å². The van der Waals surface area contributed by atoms with Gasteiger partial charge in [0.2, 0.25) is 0 Å². The van der Waals surface area contributed by atoms with Gasteiger partial charge in [0.1, 0.15) is 17.9 Å². The van der Waals surface area contributed by atoms with Gasteiger partial charge in [-0.1, -0.05) is 13.8 Å². The summed E-state index contributed by atoms with van der Waals surface area (Å²) in [7, 11) is 0. The summed E-state index contributed by atoms with van der Waals surface area (Å²) < 4.78 is 0. The SMILES string of the molecule is CC(=O)C[C@@]1(CC(C)(C)C=O)C(=O)CC[C@]1(C)O. The van der Waals surface area contributed by atoms with E-state index in [0.29, 0.717) is 6.42 Å². The third-order valence-corrected chi connectivity index (χ3v) is 4.03. The third-order valence-electron chi connectivity index (χ3n) is 4.03. The Kier molecular flexibility index (Phi) is 3.82. The molecule has 4 nitrogen and oxygen atoms in total. The molecule has 0 bridgehead atoms. The Morgan fingerprint density at radius 2 is 2.06 bits per heavy atom. The van der Waals surface area contributed by atoms with E-state index >= 15 is 0 Å². The normalized spacial score (nSPS) is 32.6. The van der Waals surface area contributed by atoms with Crippen LogP contribution in [0.25, 0.3) is 0 Å². The number of aldehydes is 1. The lowest BCUT2D eigenvalue weighted by Crippen LogP contribution is -2.49. The molecule has 18 heavy (non-hydrogen) atoms. The summed E-state index contributed by atoms with van der Waals surface area (Å²) in [5.41, 5.74) is -3.04. The Bertz CT molecular complexity index is 381. The Labute approximate surface area is 108 Å². The van der Waals surface area contributed by atoms with E-state index in [9.17, 15) is 19.5 Å². The number of hydrogen-bond acceptors (Lipinski definition) is 4. The van der Waals surface area contributed by atoms with Crippen LogP contribution in [0.3, 0.4) is 0 Å². The number of carbonyl (C=O) groups excluding carboxylic acids is 3. The summed E-state index contributed by atoms with van der Waals surface area (Å²) in [6.07, 6.45) is 1.64. The van der Waals surface area contributed by atoms with E-state index in [1.165, 1.54) is 6.92 Å². The maximum atomic E-state index is 12.2. The number of rotatable bonds is 5. The van der Waals surface area contributed by atoms with E-state index in [1.807, 2.05) is 0 Å². The average molecular weight is 254 g/mol. The molecule has 0 amide bonds. The van der Waals surface area contributed by atoms with Gasteiger partial charge in [0, 0.05) is 18.3 Å². The molecule has 4 heteroatoms. The Hall–Kier alpha value is -1.03. The monoisotopic (exact) mass is 254 g/mol. The first-order valence-electron chi connectivity index (χ1n) is 6.28. The minimum Gasteiger partial charge on any atom is -0.389 e. The molecule has 0 spiro atoms. The lowest BCUT2D eigenvalue weighted by molar-refractivity contribution is -0.147. The van der Waals surface area contributed by atoms with Crippen LogP contribution in [-0.4, -0.2) is 28.6 Å². The summed E-state index contributed by atoms with van der Waals surface area (Å²) >= 11 is 0. The molecule has 102 valence electrons. The molecule has 0 aromatic rings. The lowest BCUT2D eigenvalue weighted by atomic mass is 9.63. The van der Waals surface area contributed by atoms with Crippen molar-refractivity contribution in [1.29, 1.82) is 0 Å². The van der Waals surface area contributed by atoms with E-state index < -0.39 is 16.4 Å². The molecule has 0 saturated heterocycles. The molecule has 2 atom stereocenters. The van der Waals surface area contributed by atoms with Crippen molar-refractivity contribution in [3.05, 3.63) is 0 Å². The van der Waals surface area contributed by atoms with Gasteiger partial charge in [0.05, 0.1) is 11.0 Å². The fourth-order valence-electron chi connectivity index (χ4n) is 3.02. The first-order valence-corrected chi connectivity index (χ1v) is 6.28. The first kappa shape index (κ1) is 15.0. The third kappa shape index (κ3) is 2.53. The number of hydrogen-bond donors (Lipinski definition) is 1. The fourth-order valence-corrected chi connectivity index (χ4v) is 3.02. The predicted molar refractivity (Wildman–Crippen MR) is 67.1 cm³/mol. The molecule has 1 rings (SSSR count). The molecular formula is C14H22O4. The molecule has 0 aliphatic heterocycles. The van der Waals surface area contributed by atoms with Crippen molar-refractivity contribution >= 4 is 17.9 Å². The highest BCUT2D eigenvalue weighted by atomic mass is 16.3. The molecular weight excluding hydrogens is 232 g/mol. The van der Waals surface area contributed by atoms with Gasteiger partial charge in [-0.3, -0.25) is 9.59 Å². The van der Waals surface area contributed by atoms with Gasteiger partial charge in [-0.25, -0.2) is 0 Å². The smallest absolute Gasteiger partial charge is 0.142 e. The number of carbonyl (C=O) groups is 3. The Balaban J connectivity index is 3.21. The van der Waals surface area contributed by atoms with Crippen LogP contribution in [0.1, 0.15) is 53.4 Å². The van der Waals surface area contributed by atoms with E-state index in [0.717, 1.165) is 6.29 Å². The molecule has 1 aliphatic rings. The molecule has 0 unspecified atom stereocenters. The highest BCUT2D eigenvalue weighted by Gasteiger charge is 2.58. The lowest BCUT2D eigenvalue weighted by Gasteiger charge is -2.41. The molecule has 1 fully saturated rings. The first-order chi connectivity index (χ1) is 8.06. The van der Waals surface area contributed by atoms with Crippen molar-refractivity contribution in [1.82, 2.24) is 0 Å². The summed E-state index contributed by atoms with van der Waals surface area (Å²) in [4.78, 5) is 34.8. The Morgan fingerprint density at radius 1 is 1.50 bits per heavy atom. The molecule has 0 aromatic carbocycles.